The predicted octanol–water partition coefficient (Wildman–Crippen LogP) is 2.94. The van der Waals surface area contributed by atoms with E-state index in [9.17, 15) is 5.26 Å². The summed E-state index contributed by atoms with van der Waals surface area (Å²) in [5.41, 5.74) is 7.04. The van der Waals surface area contributed by atoms with Gasteiger partial charge in [-0.1, -0.05) is 19.9 Å². The van der Waals surface area contributed by atoms with Gasteiger partial charge in [0.05, 0.1) is 5.69 Å². The van der Waals surface area contributed by atoms with Crippen LogP contribution < -0.4 is 15.8 Å². The highest BCUT2D eigenvalue weighted by atomic mass is 16.5. The summed E-state index contributed by atoms with van der Waals surface area (Å²) in [5, 5.41) is 12.6. The van der Waals surface area contributed by atoms with Gasteiger partial charge in [0, 0.05) is 6.08 Å². The van der Waals surface area contributed by atoms with E-state index < -0.39 is 5.72 Å². The van der Waals surface area contributed by atoms with Gasteiger partial charge in [-0.15, -0.1) is 0 Å². The predicted molar refractivity (Wildman–Crippen MR) is 79.2 cm³/mol. The number of hydrogen-bond acceptors (Lipinski definition) is 5. The van der Waals surface area contributed by atoms with E-state index in [1.807, 2.05) is 18.2 Å². The minimum Gasteiger partial charge on any atom is -0.457 e. The van der Waals surface area contributed by atoms with Crippen molar-refractivity contribution >= 4 is 5.69 Å². The van der Waals surface area contributed by atoms with Crippen LogP contribution in [0.2, 0.25) is 0 Å². The summed E-state index contributed by atoms with van der Waals surface area (Å²) >= 11 is 0. The summed E-state index contributed by atoms with van der Waals surface area (Å²) in [5.74, 6) is 1.78. The molecule has 0 saturated heterocycles. The molecule has 0 radical (unpaired) electrons. The van der Waals surface area contributed by atoms with Crippen LogP contribution >= 0.6 is 0 Å². The molecule has 1 spiro atoms. The molecule has 5 heteroatoms. The second-order valence-electron chi connectivity index (χ2n) is 5.58. The number of nitriles is 1. The number of nitrogens with one attached hydrogen (secondary N) is 1. The fourth-order valence-corrected chi connectivity index (χ4v) is 2.61. The maximum absolute atomic E-state index is 9.38. The monoisotopic (exact) mass is 283 g/mol. The highest BCUT2D eigenvalue weighted by Gasteiger charge is 2.46. The van der Waals surface area contributed by atoms with E-state index in [0.29, 0.717) is 17.4 Å². The molecule has 0 saturated carbocycles. The molecule has 2 heterocycles. The molecular formula is C16H17N3O2. The van der Waals surface area contributed by atoms with Gasteiger partial charge in [0.1, 0.15) is 17.6 Å². The largest absolute Gasteiger partial charge is 0.457 e. The highest BCUT2D eigenvalue weighted by molar-refractivity contribution is 5.68. The lowest BCUT2D eigenvalue weighted by atomic mass is 10.0. The first-order chi connectivity index (χ1) is 9.95. The van der Waals surface area contributed by atoms with Crippen molar-refractivity contribution in [2.45, 2.75) is 32.4 Å². The van der Waals surface area contributed by atoms with E-state index in [2.05, 4.69) is 25.2 Å². The zero-order valence-corrected chi connectivity index (χ0v) is 12.2. The van der Waals surface area contributed by atoms with Crippen molar-refractivity contribution in [2.75, 3.05) is 5.32 Å². The average Bonchev–Trinajstić information content (AvgIpc) is 2.74. The second-order valence-corrected chi connectivity index (χ2v) is 5.58. The molecule has 0 unspecified atom stereocenters. The zero-order chi connectivity index (χ0) is 15.2. The molecule has 1 aromatic carbocycles. The van der Waals surface area contributed by atoms with Crippen LogP contribution in [0.5, 0.6) is 5.75 Å². The Morgan fingerprint density at radius 3 is 2.81 bits per heavy atom. The summed E-state index contributed by atoms with van der Waals surface area (Å²) < 4.78 is 11.3. The number of fused-ring (bicyclic) bond motifs is 1. The molecule has 2 aliphatic rings. The number of nitrogens with zero attached hydrogens (tertiary/aromatic N) is 1. The quantitative estimate of drug-likeness (QED) is 0.828. The smallest absolute Gasteiger partial charge is 0.245 e. The van der Waals surface area contributed by atoms with Gasteiger partial charge in [-0.25, -0.2) is 0 Å². The van der Waals surface area contributed by atoms with E-state index in [1.54, 1.807) is 13.0 Å². The summed E-state index contributed by atoms with van der Waals surface area (Å²) in [7, 11) is 0. The van der Waals surface area contributed by atoms with Crippen molar-refractivity contribution in [3.05, 3.63) is 47.1 Å². The van der Waals surface area contributed by atoms with Crippen molar-refractivity contribution in [3.63, 3.8) is 0 Å². The Kier molecular flexibility index (Phi) is 2.84. The summed E-state index contributed by atoms with van der Waals surface area (Å²) in [6, 6.07) is 8.06. The highest BCUT2D eigenvalue weighted by Crippen LogP contribution is 2.44. The molecule has 0 aliphatic carbocycles. The molecule has 1 atom stereocenters. The Morgan fingerprint density at radius 1 is 1.38 bits per heavy atom. The molecule has 3 rings (SSSR count). The molecule has 21 heavy (non-hydrogen) atoms. The third-order valence-electron chi connectivity index (χ3n) is 3.67. The number of nitrogens with two attached hydrogens (primary N) is 1. The van der Waals surface area contributed by atoms with Crippen LogP contribution in [0, 0.1) is 11.3 Å². The van der Waals surface area contributed by atoms with E-state index in [4.69, 9.17) is 15.2 Å². The topological polar surface area (TPSA) is 80.3 Å². The number of hydrogen-bond donors (Lipinski definition) is 2. The maximum Gasteiger partial charge on any atom is 0.245 e. The third-order valence-corrected chi connectivity index (χ3v) is 3.67. The van der Waals surface area contributed by atoms with Crippen molar-refractivity contribution in [2.24, 2.45) is 5.73 Å². The Hall–Kier alpha value is -2.61. The van der Waals surface area contributed by atoms with Crippen LogP contribution in [0.25, 0.3) is 0 Å². The molecule has 0 aromatic heterocycles. The van der Waals surface area contributed by atoms with Gasteiger partial charge in [-0.2, -0.15) is 5.26 Å². The first-order valence-electron chi connectivity index (χ1n) is 6.84. The van der Waals surface area contributed by atoms with Crippen LogP contribution in [0.3, 0.4) is 0 Å². The van der Waals surface area contributed by atoms with Gasteiger partial charge in [0.2, 0.25) is 11.6 Å². The summed E-state index contributed by atoms with van der Waals surface area (Å²) in [6.07, 6.45) is 1.73. The van der Waals surface area contributed by atoms with Gasteiger partial charge in [-0.3, -0.25) is 0 Å². The maximum atomic E-state index is 9.38. The van der Waals surface area contributed by atoms with Crippen LogP contribution in [0.1, 0.15) is 32.3 Å². The lowest BCUT2D eigenvalue weighted by molar-refractivity contribution is 0.175. The van der Waals surface area contributed by atoms with E-state index >= 15 is 0 Å². The summed E-state index contributed by atoms with van der Waals surface area (Å²) in [4.78, 5) is 0. The van der Waals surface area contributed by atoms with Gasteiger partial charge in [0.25, 0.3) is 0 Å². The van der Waals surface area contributed by atoms with Gasteiger partial charge in [0.15, 0.2) is 5.57 Å². The Balaban J connectivity index is 2.06. The normalized spacial score (nSPS) is 23.1. The van der Waals surface area contributed by atoms with Gasteiger partial charge < -0.3 is 20.5 Å². The number of anilines is 1. The Bertz CT molecular complexity index is 713. The van der Waals surface area contributed by atoms with E-state index in [-0.39, 0.29) is 11.5 Å². The van der Waals surface area contributed by atoms with Crippen LogP contribution in [-0.4, -0.2) is 5.72 Å². The molecule has 5 nitrogen and oxygen atoms in total. The van der Waals surface area contributed by atoms with Gasteiger partial charge >= 0.3 is 0 Å². The molecule has 0 amide bonds. The van der Waals surface area contributed by atoms with Crippen LogP contribution in [0.15, 0.2) is 41.5 Å². The van der Waals surface area contributed by atoms with E-state index in [0.717, 1.165) is 5.69 Å². The first-order valence-corrected chi connectivity index (χ1v) is 6.84. The number of allylic oxidation sites excluding steroid dienone is 1. The fraction of sp³-hybridized carbons (Fsp3) is 0.312. The SMILES string of the molecule is CC1=C[C@]2(Nc3cc(C(C)C)ccc3O2)C(C#N)=C(N)O1. The number of rotatable bonds is 1. The van der Waals surface area contributed by atoms with Crippen molar-refractivity contribution in [3.8, 4) is 11.8 Å². The molecule has 2 aliphatic heterocycles. The summed E-state index contributed by atoms with van der Waals surface area (Å²) in [6.45, 7) is 6.03. The standard InChI is InChI=1S/C16H17N3O2/c1-9(2)11-4-5-14-13(6-11)19-16(21-14)7-10(3)20-15(18)12(16)8-17/h4-7,9,19H,18H2,1-3H3/t16-/m1/s1. The molecule has 3 N–H and O–H groups in total. The Morgan fingerprint density at radius 2 is 2.14 bits per heavy atom. The molecule has 1 aromatic rings. The van der Waals surface area contributed by atoms with Crippen LogP contribution in [-0.2, 0) is 4.74 Å². The van der Waals surface area contributed by atoms with Gasteiger partial charge in [-0.05, 0) is 30.5 Å². The number of benzene rings is 1. The molecule has 108 valence electrons. The minimum atomic E-state index is -1.07. The minimum absolute atomic E-state index is 0.0712. The zero-order valence-electron chi connectivity index (χ0n) is 12.2. The molecule has 0 fully saturated rings. The third kappa shape index (κ3) is 2.00. The van der Waals surface area contributed by atoms with Crippen molar-refractivity contribution in [1.82, 2.24) is 0 Å². The number of ether oxygens (including phenoxy) is 2. The second kappa shape index (κ2) is 4.45. The van der Waals surface area contributed by atoms with E-state index in [1.165, 1.54) is 5.56 Å². The lowest BCUT2D eigenvalue weighted by Gasteiger charge is -2.30. The lowest BCUT2D eigenvalue weighted by Crippen LogP contribution is -2.44. The molecular weight excluding hydrogens is 266 g/mol. The van der Waals surface area contributed by atoms with Crippen molar-refractivity contribution in [1.29, 1.82) is 5.26 Å². The molecule has 0 bridgehead atoms. The van der Waals surface area contributed by atoms with Crippen molar-refractivity contribution < 1.29 is 9.47 Å². The van der Waals surface area contributed by atoms with Crippen LogP contribution in [0.4, 0.5) is 5.69 Å². The fourth-order valence-electron chi connectivity index (χ4n) is 2.61. The average molecular weight is 283 g/mol. The Labute approximate surface area is 123 Å². The first kappa shape index (κ1) is 13.4.